The van der Waals surface area contributed by atoms with Gasteiger partial charge in [-0.15, -0.1) is 0 Å². The average molecular weight is 202 g/mol. The summed E-state index contributed by atoms with van der Waals surface area (Å²) >= 11 is 0. The van der Waals surface area contributed by atoms with Crippen molar-refractivity contribution in [2.24, 2.45) is 0 Å². The van der Waals surface area contributed by atoms with E-state index in [1.54, 1.807) is 0 Å². The van der Waals surface area contributed by atoms with Gasteiger partial charge in [0.2, 0.25) is 0 Å². The molecule has 1 saturated carbocycles. The SMILES string of the molecule is C=C1/C=C\C=C/C/C=C2/CC(OO)/C2=C/1. The van der Waals surface area contributed by atoms with Crippen LogP contribution in [0.3, 0.4) is 0 Å². The zero-order valence-corrected chi connectivity index (χ0v) is 8.52. The minimum Gasteiger partial charge on any atom is -0.251 e. The summed E-state index contributed by atoms with van der Waals surface area (Å²) in [7, 11) is 0. The van der Waals surface area contributed by atoms with Crippen LogP contribution < -0.4 is 0 Å². The second-order valence-corrected chi connectivity index (χ2v) is 3.73. The van der Waals surface area contributed by atoms with Crippen molar-refractivity contribution in [1.82, 2.24) is 0 Å². The molecule has 0 spiro atoms. The van der Waals surface area contributed by atoms with E-state index in [9.17, 15) is 0 Å². The number of rotatable bonds is 1. The van der Waals surface area contributed by atoms with E-state index in [1.165, 1.54) is 5.57 Å². The van der Waals surface area contributed by atoms with E-state index in [4.69, 9.17) is 5.26 Å². The second kappa shape index (κ2) is 4.43. The van der Waals surface area contributed by atoms with E-state index >= 15 is 0 Å². The molecule has 2 heteroatoms. The number of allylic oxidation sites excluding steroid dienone is 7. The Morgan fingerprint density at radius 1 is 1.40 bits per heavy atom. The van der Waals surface area contributed by atoms with E-state index in [2.05, 4.69) is 23.6 Å². The Morgan fingerprint density at radius 2 is 2.27 bits per heavy atom. The van der Waals surface area contributed by atoms with Gasteiger partial charge in [-0.3, -0.25) is 5.26 Å². The molecule has 15 heavy (non-hydrogen) atoms. The molecule has 2 rings (SSSR count). The molecular formula is C13H14O2. The molecular weight excluding hydrogens is 188 g/mol. The predicted molar refractivity (Wildman–Crippen MR) is 60.3 cm³/mol. The standard InChI is InChI=1S/C13H14O2/c1-10-6-4-2-3-5-7-11-9-13(15-14)12(11)8-10/h2-4,6-8,13-14H,1,5,9H2/b3-2-,6-4-,11-7-,12-8+. The molecule has 0 aromatic carbocycles. The van der Waals surface area contributed by atoms with Gasteiger partial charge in [-0.05, 0) is 29.2 Å². The van der Waals surface area contributed by atoms with Crippen molar-refractivity contribution in [1.29, 1.82) is 0 Å². The minimum atomic E-state index is -0.176. The quantitative estimate of drug-likeness (QED) is 0.522. The summed E-state index contributed by atoms with van der Waals surface area (Å²) in [5, 5.41) is 8.67. The van der Waals surface area contributed by atoms with Gasteiger partial charge in [-0.2, -0.15) is 0 Å². The van der Waals surface area contributed by atoms with E-state index in [0.717, 1.165) is 24.0 Å². The second-order valence-electron chi connectivity index (χ2n) is 3.73. The average Bonchev–Trinajstić information content (AvgIpc) is 2.22. The predicted octanol–water partition coefficient (Wildman–Crippen LogP) is 3.17. The van der Waals surface area contributed by atoms with Gasteiger partial charge in [-0.25, -0.2) is 4.89 Å². The van der Waals surface area contributed by atoms with Gasteiger partial charge in [0.05, 0.1) is 0 Å². The highest BCUT2D eigenvalue weighted by Crippen LogP contribution is 2.36. The maximum absolute atomic E-state index is 8.67. The Balaban J connectivity index is 2.26. The van der Waals surface area contributed by atoms with Crippen molar-refractivity contribution in [3.05, 3.63) is 59.8 Å². The van der Waals surface area contributed by atoms with Crippen LogP contribution in [0.4, 0.5) is 0 Å². The summed E-state index contributed by atoms with van der Waals surface area (Å²) in [6.07, 6.45) is 13.7. The number of hydrogen-bond donors (Lipinski definition) is 1. The Bertz CT molecular complexity index is 383. The first kappa shape index (κ1) is 10.1. The molecule has 0 aromatic rings. The van der Waals surface area contributed by atoms with Crippen LogP contribution in [0.2, 0.25) is 0 Å². The van der Waals surface area contributed by atoms with Crippen LogP contribution in [0.25, 0.3) is 0 Å². The molecule has 0 amide bonds. The van der Waals surface area contributed by atoms with Gasteiger partial charge in [0, 0.05) is 6.42 Å². The lowest BCUT2D eigenvalue weighted by Crippen LogP contribution is -2.27. The summed E-state index contributed by atoms with van der Waals surface area (Å²) in [6, 6.07) is 0. The first-order chi connectivity index (χ1) is 7.31. The fourth-order valence-corrected chi connectivity index (χ4v) is 1.78. The zero-order chi connectivity index (χ0) is 10.7. The third-order valence-corrected chi connectivity index (χ3v) is 2.65. The van der Waals surface area contributed by atoms with Crippen molar-refractivity contribution < 1.29 is 10.1 Å². The van der Waals surface area contributed by atoms with Gasteiger partial charge < -0.3 is 0 Å². The Kier molecular flexibility index (Phi) is 2.99. The van der Waals surface area contributed by atoms with Crippen LogP contribution in [0.1, 0.15) is 12.8 Å². The summed E-state index contributed by atoms with van der Waals surface area (Å²) < 4.78 is 0. The third-order valence-electron chi connectivity index (χ3n) is 2.65. The Hall–Kier alpha value is -1.38. The lowest BCUT2D eigenvalue weighted by molar-refractivity contribution is -0.273. The molecule has 0 aromatic heterocycles. The third kappa shape index (κ3) is 2.17. The van der Waals surface area contributed by atoms with Crippen LogP contribution in [0.15, 0.2) is 59.8 Å². The topological polar surface area (TPSA) is 29.5 Å². The summed E-state index contributed by atoms with van der Waals surface area (Å²) in [5.41, 5.74) is 3.21. The maximum Gasteiger partial charge on any atom is 0.122 e. The van der Waals surface area contributed by atoms with E-state index < -0.39 is 0 Å². The highest BCUT2D eigenvalue weighted by atomic mass is 17.1. The monoisotopic (exact) mass is 202 g/mol. The summed E-state index contributed by atoms with van der Waals surface area (Å²) in [6.45, 7) is 3.91. The largest absolute Gasteiger partial charge is 0.251 e. The van der Waals surface area contributed by atoms with Gasteiger partial charge in [0.1, 0.15) is 6.10 Å². The van der Waals surface area contributed by atoms with Crippen LogP contribution in [-0.2, 0) is 4.89 Å². The molecule has 0 heterocycles. The van der Waals surface area contributed by atoms with Crippen LogP contribution in [-0.4, -0.2) is 11.4 Å². The van der Waals surface area contributed by atoms with E-state index in [0.29, 0.717) is 0 Å². The van der Waals surface area contributed by atoms with E-state index in [1.807, 2.05) is 24.3 Å². The molecule has 0 saturated heterocycles. The van der Waals surface area contributed by atoms with Crippen LogP contribution >= 0.6 is 0 Å². The molecule has 1 fully saturated rings. The molecule has 2 aliphatic rings. The fraction of sp³-hybridized carbons (Fsp3) is 0.231. The Labute approximate surface area is 89.5 Å². The molecule has 78 valence electrons. The lowest BCUT2D eigenvalue weighted by Gasteiger charge is -2.30. The molecule has 2 nitrogen and oxygen atoms in total. The van der Waals surface area contributed by atoms with Gasteiger partial charge in [-0.1, -0.05) is 37.0 Å². The Morgan fingerprint density at radius 3 is 3.07 bits per heavy atom. The van der Waals surface area contributed by atoms with Crippen molar-refractivity contribution in [2.75, 3.05) is 0 Å². The van der Waals surface area contributed by atoms with Crippen molar-refractivity contribution in [2.45, 2.75) is 18.9 Å². The van der Waals surface area contributed by atoms with Gasteiger partial charge in [0.15, 0.2) is 0 Å². The van der Waals surface area contributed by atoms with Gasteiger partial charge in [0.25, 0.3) is 0 Å². The first-order valence-corrected chi connectivity index (χ1v) is 5.04. The number of hydrogen-bond acceptors (Lipinski definition) is 2. The minimum absolute atomic E-state index is 0.176. The fourth-order valence-electron chi connectivity index (χ4n) is 1.78. The molecule has 1 N–H and O–H groups in total. The van der Waals surface area contributed by atoms with Crippen LogP contribution in [0.5, 0.6) is 0 Å². The molecule has 1 atom stereocenters. The normalized spacial score (nSPS) is 36.3. The number of fused-ring (bicyclic) bond motifs is 1. The zero-order valence-electron chi connectivity index (χ0n) is 8.52. The first-order valence-electron chi connectivity index (χ1n) is 5.04. The van der Waals surface area contributed by atoms with Crippen molar-refractivity contribution in [3.63, 3.8) is 0 Å². The van der Waals surface area contributed by atoms with E-state index in [-0.39, 0.29) is 6.10 Å². The van der Waals surface area contributed by atoms with Crippen LogP contribution in [0, 0.1) is 0 Å². The highest BCUT2D eigenvalue weighted by molar-refractivity contribution is 5.50. The summed E-state index contributed by atoms with van der Waals surface area (Å²) in [4.78, 5) is 4.38. The van der Waals surface area contributed by atoms with Gasteiger partial charge >= 0.3 is 0 Å². The molecule has 2 aliphatic carbocycles. The molecule has 0 bridgehead atoms. The highest BCUT2D eigenvalue weighted by Gasteiger charge is 2.30. The lowest BCUT2D eigenvalue weighted by atomic mass is 9.80. The van der Waals surface area contributed by atoms with Crippen molar-refractivity contribution in [3.8, 4) is 0 Å². The summed E-state index contributed by atoms with van der Waals surface area (Å²) in [5.74, 6) is 0. The smallest absolute Gasteiger partial charge is 0.122 e. The molecule has 1 unspecified atom stereocenters. The molecule has 0 aliphatic heterocycles. The van der Waals surface area contributed by atoms with Crippen molar-refractivity contribution >= 4 is 0 Å². The maximum atomic E-state index is 8.67. The molecule has 0 radical (unpaired) electrons.